The summed E-state index contributed by atoms with van der Waals surface area (Å²) in [4.78, 5) is 0. The van der Waals surface area contributed by atoms with Gasteiger partial charge in [0.15, 0.2) is 0 Å². The number of hydrogen-bond donors (Lipinski definition) is 0. The van der Waals surface area contributed by atoms with Gasteiger partial charge < -0.3 is 34.0 Å². The van der Waals surface area contributed by atoms with Gasteiger partial charge in [0.05, 0.1) is 0 Å². The average molecular weight is 549 g/mol. The maximum absolute atomic E-state index is 5.51. The van der Waals surface area contributed by atoms with Gasteiger partial charge in [0, 0.05) is 18.3 Å². The largest absolute Gasteiger partial charge is 2.00 e. The van der Waals surface area contributed by atoms with Gasteiger partial charge in [-0.1, -0.05) is 86.2 Å². The molecule has 0 amide bonds. The molecule has 29 heavy (non-hydrogen) atoms. The minimum absolute atomic E-state index is 0. The predicted molar refractivity (Wildman–Crippen MR) is 112 cm³/mol. The molecule has 0 saturated carbocycles. The molecule has 0 heterocycles. The molecule has 0 aromatic heterocycles. The second-order valence-corrected chi connectivity index (χ2v) is 8.06. The number of benzene rings is 2. The first-order valence-corrected chi connectivity index (χ1v) is 9.64. The van der Waals surface area contributed by atoms with E-state index in [0.717, 1.165) is 19.3 Å². The van der Waals surface area contributed by atoms with Crippen molar-refractivity contribution in [1.82, 2.24) is 0 Å². The first-order chi connectivity index (χ1) is 12.6. The van der Waals surface area contributed by atoms with Gasteiger partial charge in [0.2, 0.25) is 0 Å². The number of fused-ring (bicyclic) bond motifs is 2. The van der Waals surface area contributed by atoms with Crippen LogP contribution in [-0.4, -0.2) is 0 Å². The fourth-order valence-corrected chi connectivity index (χ4v) is 4.81. The van der Waals surface area contributed by atoms with Crippen LogP contribution in [0, 0.1) is 17.8 Å². The minimum Gasteiger partial charge on any atom is -1.00 e. The van der Waals surface area contributed by atoms with E-state index in [1.165, 1.54) is 22.3 Å². The van der Waals surface area contributed by atoms with E-state index in [4.69, 9.17) is 6.42 Å². The Morgan fingerprint density at radius 3 is 2.24 bits per heavy atom. The molecular formula is C26H26Br2V. The summed E-state index contributed by atoms with van der Waals surface area (Å²) in [5.74, 6) is 3.71. The van der Waals surface area contributed by atoms with Crippen LogP contribution in [0.25, 0.3) is 12.2 Å². The van der Waals surface area contributed by atoms with E-state index in [1.54, 1.807) is 5.57 Å². The van der Waals surface area contributed by atoms with Crippen LogP contribution in [0.3, 0.4) is 0 Å². The monoisotopic (exact) mass is 547 g/mol. The third-order valence-corrected chi connectivity index (χ3v) is 6.19. The van der Waals surface area contributed by atoms with Crippen LogP contribution in [0.2, 0.25) is 0 Å². The van der Waals surface area contributed by atoms with Crippen molar-refractivity contribution in [2.24, 2.45) is 5.41 Å². The van der Waals surface area contributed by atoms with Crippen molar-refractivity contribution in [1.29, 1.82) is 0 Å². The van der Waals surface area contributed by atoms with Gasteiger partial charge in [-0.05, 0) is 40.5 Å². The molecule has 0 spiro atoms. The second-order valence-electron chi connectivity index (χ2n) is 8.06. The molecule has 0 bridgehead atoms. The molecule has 0 fully saturated rings. The summed E-state index contributed by atoms with van der Waals surface area (Å²) >= 11 is 0. The third-order valence-electron chi connectivity index (χ3n) is 6.19. The van der Waals surface area contributed by atoms with Crippen molar-refractivity contribution in [2.45, 2.75) is 44.9 Å². The maximum atomic E-state index is 5.51. The van der Waals surface area contributed by atoms with Crippen molar-refractivity contribution in [3.8, 4) is 12.3 Å². The van der Waals surface area contributed by atoms with E-state index in [9.17, 15) is 0 Å². The van der Waals surface area contributed by atoms with E-state index in [2.05, 4.69) is 86.5 Å². The van der Waals surface area contributed by atoms with Crippen LogP contribution < -0.4 is 34.0 Å². The van der Waals surface area contributed by atoms with Gasteiger partial charge in [0.25, 0.3) is 0 Å². The normalized spacial score (nSPS) is 18.3. The van der Waals surface area contributed by atoms with Crippen molar-refractivity contribution in [2.75, 3.05) is 0 Å². The topological polar surface area (TPSA) is 0 Å². The molecule has 2 atom stereocenters. The van der Waals surface area contributed by atoms with Gasteiger partial charge in [-0.15, -0.1) is 12.3 Å². The molecule has 2 aliphatic carbocycles. The first-order valence-electron chi connectivity index (χ1n) is 9.64. The number of terminal acetylenes is 1. The Bertz CT molecular complexity index is 934. The number of halogens is 2. The van der Waals surface area contributed by atoms with Gasteiger partial charge in [-0.25, -0.2) is 0 Å². The zero-order valence-electron chi connectivity index (χ0n) is 16.9. The zero-order chi connectivity index (χ0) is 18.1. The Morgan fingerprint density at radius 1 is 0.931 bits per heavy atom. The van der Waals surface area contributed by atoms with Gasteiger partial charge in [0.1, 0.15) is 0 Å². The zero-order valence-corrected chi connectivity index (χ0v) is 21.5. The molecule has 0 N–H and O–H groups in total. The van der Waals surface area contributed by atoms with E-state index in [0.29, 0.717) is 11.8 Å². The number of hydrogen-bond acceptors (Lipinski definition) is 0. The first kappa shape index (κ1) is 26.1. The summed E-state index contributed by atoms with van der Waals surface area (Å²) in [7, 11) is 0. The Morgan fingerprint density at radius 2 is 1.55 bits per heavy atom. The summed E-state index contributed by atoms with van der Waals surface area (Å²) in [5.41, 5.74) is 7.31. The quantitative estimate of drug-likeness (QED) is 0.383. The smallest absolute Gasteiger partial charge is 1.00 e. The molecular weight excluding hydrogens is 523 g/mol. The molecule has 0 saturated heterocycles. The average Bonchev–Trinajstić information content (AvgIpc) is 3.24. The summed E-state index contributed by atoms with van der Waals surface area (Å²) in [5, 5.41) is 0. The summed E-state index contributed by atoms with van der Waals surface area (Å²) in [6, 6.07) is 17.7. The van der Waals surface area contributed by atoms with Crippen LogP contribution >= 0.6 is 0 Å². The Hall–Kier alpha value is -0.976. The molecule has 0 nitrogen and oxygen atoms in total. The molecule has 4 rings (SSSR count). The molecule has 2 aromatic rings. The van der Waals surface area contributed by atoms with E-state index in [1.807, 2.05) is 0 Å². The maximum Gasteiger partial charge on any atom is 2.00 e. The molecule has 3 heteroatoms. The molecule has 0 aliphatic heterocycles. The van der Waals surface area contributed by atoms with Crippen molar-refractivity contribution >= 4 is 12.2 Å². The molecule has 2 unspecified atom stereocenters. The molecule has 2 aliphatic rings. The SMILES string of the molecule is C#CCCCC1C(C(C)(C)C2C=Cc3ccccc32)=Cc2ccccc21.[Br-].[Br-].[V+2]. The van der Waals surface area contributed by atoms with Gasteiger partial charge in [-0.2, -0.15) is 0 Å². The van der Waals surface area contributed by atoms with Crippen LogP contribution in [-0.2, 0) is 18.6 Å². The van der Waals surface area contributed by atoms with Crippen LogP contribution in [0.4, 0.5) is 0 Å². The van der Waals surface area contributed by atoms with Gasteiger partial charge in [-0.3, -0.25) is 0 Å². The number of rotatable bonds is 5. The Balaban J connectivity index is 0.00000140. The summed E-state index contributed by atoms with van der Waals surface area (Å²) in [6.07, 6.45) is 15.7. The minimum atomic E-state index is 0. The van der Waals surface area contributed by atoms with E-state index >= 15 is 0 Å². The molecule has 2 aromatic carbocycles. The fraction of sp³-hybridized carbons (Fsp3) is 0.308. The van der Waals surface area contributed by atoms with E-state index < -0.39 is 0 Å². The second kappa shape index (κ2) is 10.9. The summed E-state index contributed by atoms with van der Waals surface area (Å²) in [6.45, 7) is 4.83. The number of unbranched alkanes of at least 4 members (excludes halogenated alkanes) is 1. The Kier molecular flexibility index (Phi) is 9.77. The van der Waals surface area contributed by atoms with Gasteiger partial charge >= 0.3 is 18.6 Å². The fourth-order valence-electron chi connectivity index (χ4n) is 4.81. The number of allylic oxidation sites excluding steroid dienone is 2. The summed E-state index contributed by atoms with van der Waals surface area (Å²) < 4.78 is 0. The third kappa shape index (κ3) is 4.86. The van der Waals surface area contributed by atoms with Crippen molar-refractivity contribution < 1.29 is 52.5 Å². The van der Waals surface area contributed by atoms with Crippen LogP contribution in [0.1, 0.15) is 67.2 Å². The van der Waals surface area contributed by atoms with Crippen LogP contribution in [0.5, 0.6) is 0 Å². The van der Waals surface area contributed by atoms with Crippen molar-refractivity contribution in [3.63, 3.8) is 0 Å². The molecule has 1 radical (unpaired) electrons. The standard InChI is InChI=1S/C26H26.2BrH.V/c1-4-5-6-15-23-21-13-9-8-12-20(21)18-25(23)26(2,3)24-17-16-19-11-7-10-14-22(19)24;;;/h1,7-14,16-18,23-24H,5-6,15H2,2-3H3;2*1H;/q;;;+2/p-2. The van der Waals surface area contributed by atoms with Crippen molar-refractivity contribution in [3.05, 3.63) is 82.4 Å². The predicted octanol–water partition coefficient (Wildman–Crippen LogP) is 0.813. The van der Waals surface area contributed by atoms with Crippen LogP contribution in [0.15, 0.2) is 60.2 Å². The molecule has 149 valence electrons. The Labute approximate surface area is 208 Å². The van der Waals surface area contributed by atoms with E-state index in [-0.39, 0.29) is 57.9 Å².